The number of benzene rings is 1. The van der Waals surface area contributed by atoms with Crippen LogP contribution in [0.5, 0.6) is 0 Å². The van der Waals surface area contributed by atoms with Gasteiger partial charge < -0.3 is 4.90 Å². The van der Waals surface area contributed by atoms with Crippen molar-refractivity contribution in [2.24, 2.45) is 0 Å². The largest absolute Gasteiger partial charge is 0.369 e. The van der Waals surface area contributed by atoms with Crippen LogP contribution in [-0.4, -0.2) is 37.8 Å². The van der Waals surface area contributed by atoms with Crippen molar-refractivity contribution in [3.63, 3.8) is 0 Å². The summed E-state index contributed by atoms with van der Waals surface area (Å²) in [6, 6.07) is 4.45. The van der Waals surface area contributed by atoms with Crippen LogP contribution in [0.2, 0.25) is 0 Å². The highest BCUT2D eigenvalue weighted by Crippen LogP contribution is 2.24. The van der Waals surface area contributed by atoms with Gasteiger partial charge in [0.25, 0.3) is 10.1 Å². The fourth-order valence-corrected chi connectivity index (χ4v) is 2.56. The molecule has 0 aliphatic rings. The lowest BCUT2D eigenvalue weighted by molar-refractivity contribution is 0.483. The van der Waals surface area contributed by atoms with E-state index < -0.39 is 10.1 Å². The molecule has 1 N–H and O–H groups in total. The van der Waals surface area contributed by atoms with Gasteiger partial charge in [-0.15, -0.1) is 23.2 Å². The quantitative estimate of drug-likeness (QED) is 0.648. The number of hydrogen-bond donors (Lipinski definition) is 1. The summed E-state index contributed by atoms with van der Waals surface area (Å²) in [6.07, 6.45) is 0. The van der Waals surface area contributed by atoms with Crippen LogP contribution in [0.4, 0.5) is 5.69 Å². The van der Waals surface area contributed by atoms with E-state index >= 15 is 0 Å². The SMILES string of the molecule is Cc1ccc(S(=O)(=O)O)cc1N(CCCl)CCCl. The summed E-state index contributed by atoms with van der Waals surface area (Å²) >= 11 is 11.4. The average Bonchev–Trinajstić information content (AvgIpc) is 2.28. The van der Waals surface area contributed by atoms with Crippen LogP contribution in [-0.2, 0) is 10.1 Å². The minimum atomic E-state index is -4.20. The van der Waals surface area contributed by atoms with Gasteiger partial charge >= 0.3 is 0 Å². The van der Waals surface area contributed by atoms with Gasteiger partial charge in [0.05, 0.1) is 4.90 Å². The topological polar surface area (TPSA) is 57.6 Å². The number of nitrogens with zero attached hydrogens (tertiary/aromatic N) is 1. The molecule has 0 unspecified atom stereocenters. The van der Waals surface area contributed by atoms with E-state index in [1.54, 1.807) is 6.07 Å². The number of alkyl halides is 2. The third kappa shape index (κ3) is 4.02. The molecule has 18 heavy (non-hydrogen) atoms. The number of aryl methyl sites for hydroxylation is 1. The Bertz CT molecular complexity index is 499. The second-order valence-corrected chi connectivity index (χ2v) is 5.97. The van der Waals surface area contributed by atoms with Crippen molar-refractivity contribution in [1.29, 1.82) is 0 Å². The highest BCUT2D eigenvalue weighted by atomic mass is 35.5. The van der Waals surface area contributed by atoms with Crippen molar-refractivity contribution in [2.45, 2.75) is 11.8 Å². The standard InChI is InChI=1S/C11H15Cl2NO3S/c1-9-2-3-10(18(15,16)17)8-11(9)14(6-4-12)7-5-13/h2-3,8H,4-7H2,1H3,(H,15,16,17). The molecule has 0 amide bonds. The lowest BCUT2D eigenvalue weighted by atomic mass is 10.2. The van der Waals surface area contributed by atoms with Gasteiger partial charge in [-0.2, -0.15) is 8.42 Å². The molecule has 0 spiro atoms. The molecule has 7 heteroatoms. The van der Waals surface area contributed by atoms with Gasteiger partial charge in [0.2, 0.25) is 0 Å². The summed E-state index contributed by atoms with van der Waals surface area (Å²) in [5, 5.41) is 0. The lowest BCUT2D eigenvalue weighted by Crippen LogP contribution is -2.28. The van der Waals surface area contributed by atoms with E-state index in [4.69, 9.17) is 27.8 Å². The maximum absolute atomic E-state index is 11.1. The Labute approximate surface area is 117 Å². The van der Waals surface area contributed by atoms with E-state index in [1.165, 1.54) is 12.1 Å². The highest BCUT2D eigenvalue weighted by Gasteiger charge is 2.14. The van der Waals surface area contributed by atoms with E-state index in [9.17, 15) is 8.42 Å². The number of rotatable bonds is 6. The summed E-state index contributed by atoms with van der Waals surface area (Å²) in [6.45, 7) is 2.98. The summed E-state index contributed by atoms with van der Waals surface area (Å²) in [5.74, 6) is 0.818. The molecule has 1 rings (SSSR count). The number of hydrogen-bond acceptors (Lipinski definition) is 3. The summed E-state index contributed by atoms with van der Waals surface area (Å²) in [4.78, 5) is 1.77. The van der Waals surface area contributed by atoms with Gasteiger partial charge in [0.15, 0.2) is 0 Å². The van der Waals surface area contributed by atoms with Crippen LogP contribution in [0.15, 0.2) is 23.1 Å². The minimum Gasteiger partial charge on any atom is -0.369 e. The zero-order valence-electron chi connectivity index (χ0n) is 9.94. The van der Waals surface area contributed by atoms with Crippen molar-refractivity contribution < 1.29 is 13.0 Å². The average molecular weight is 312 g/mol. The van der Waals surface area contributed by atoms with Crippen molar-refractivity contribution in [2.75, 3.05) is 29.7 Å². The van der Waals surface area contributed by atoms with Gasteiger partial charge in [-0.25, -0.2) is 0 Å². The predicted molar refractivity (Wildman–Crippen MR) is 74.6 cm³/mol. The molecule has 0 heterocycles. The maximum Gasteiger partial charge on any atom is 0.294 e. The van der Waals surface area contributed by atoms with Crippen LogP contribution in [0, 0.1) is 6.92 Å². The zero-order chi connectivity index (χ0) is 13.8. The Balaban J connectivity index is 3.20. The second kappa shape index (κ2) is 6.61. The van der Waals surface area contributed by atoms with Gasteiger partial charge in [-0.3, -0.25) is 4.55 Å². The highest BCUT2D eigenvalue weighted by molar-refractivity contribution is 7.85. The predicted octanol–water partition coefficient (Wildman–Crippen LogP) is 2.53. The molecule has 0 radical (unpaired) electrons. The molecule has 0 saturated heterocycles. The van der Waals surface area contributed by atoms with Crippen molar-refractivity contribution in [3.8, 4) is 0 Å². The Morgan fingerprint density at radius 1 is 1.22 bits per heavy atom. The minimum absolute atomic E-state index is 0.128. The number of anilines is 1. The van der Waals surface area contributed by atoms with Crippen LogP contribution in [0.1, 0.15) is 5.56 Å². The fourth-order valence-electron chi connectivity index (χ4n) is 1.65. The van der Waals surface area contributed by atoms with Crippen molar-refractivity contribution in [3.05, 3.63) is 23.8 Å². The summed E-state index contributed by atoms with van der Waals surface area (Å²) in [7, 11) is -4.20. The molecule has 1 aromatic rings. The molecule has 1 aromatic carbocycles. The Morgan fingerprint density at radius 2 is 1.78 bits per heavy atom. The maximum atomic E-state index is 11.1. The third-order valence-corrected chi connectivity index (χ3v) is 3.72. The molecule has 0 atom stereocenters. The Hall–Kier alpha value is -0.490. The first kappa shape index (κ1) is 15.6. The van der Waals surface area contributed by atoms with Gasteiger partial charge in [0, 0.05) is 30.5 Å². The molecule has 0 aromatic heterocycles. The first-order valence-corrected chi connectivity index (χ1v) is 7.86. The molecular formula is C11H15Cl2NO3S. The van der Waals surface area contributed by atoms with Gasteiger partial charge in [0.1, 0.15) is 0 Å². The smallest absolute Gasteiger partial charge is 0.294 e. The molecule has 0 aliphatic carbocycles. The van der Waals surface area contributed by atoms with Crippen molar-refractivity contribution >= 4 is 39.0 Å². The van der Waals surface area contributed by atoms with Crippen LogP contribution >= 0.6 is 23.2 Å². The Morgan fingerprint density at radius 3 is 2.22 bits per heavy atom. The lowest BCUT2D eigenvalue weighted by Gasteiger charge is -2.25. The normalized spacial score (nSPS) is 11.6. The zero-order valence-corrected chi connectivity index (χ0v) is 12.3. The van der Waals surface area contributed by atoms with E-state index in [1.807, 2.05) is 11.8 Å². The summed E-state index contributed by atoms with van der Waals surface area (Å²) < 4.78 is 31.3. The monoisotopic (exact) mass is 311 g/mol. The Kier molecular flexibility index (Phi) is 5.72. The molecule has 0 aliphatic heterocycles. The molecule has 0 fully saturated rings. The van der Waals surface area contributed by atoms with Crippen LogP contribution in [0.3, 0.4) is 0 Å². The van der Waals surface area contributed by atoms with Crippen LogP contribution < -0.4 is 4.90 Å². The molecular weight excluding hydrogens is 297 g/mol. The molecule has 0 bridgehead atoms. The van der Waals surface area contributed by atoms with Crippen LogP contribution in [0.25, 0.3) is 0 Å². The first-order valence-electron chi connectivity index (χ1n) is 5.35. The van der Waals surface area contributed by atoms with E-state index in [2.05, 4.69) is 0 Å². The van der Waals surface area contributed by atoms with E-state index in [0.29, 0.717) is 30.5 Å². The first-order chi connectivity index (χ1) is 8.40. The van der Waals surface area contributed by atoms with E-state index in [0.717, 1.165) is 5.56 Å². The molecule has 102 valence electrons. The second-order valence-electron chi connectivity index (χ2n) is 3.79. The van der Waals surface area contributed by atoms with E-state index in [-0.39, 0.29) is 4.90 Å². The summed E-state index contributed by atoms with van der Waals surface area (Å²) in [5.41, 5.74) is 1.61. The molecule has 0 saturated carbocycles. The molecule has 4 nitrogen and oxygen atoms in total. The van der Waals surface area contributed by atoms with Crippen molar-refractivity contribution in [1.82, 2.24) is 0 Å². The fraction of sp³-hybridized carbons (Fsp3) is 0.455. The van der Waals surface area contributed by atoms with Gasteiger partial charge in [-0.1, -0.05) is 6.07 Å². The number of halogens is 2. The van der Waals surface area contributed by atoms with Gasteiger partial charge in [-0.05, 0) is 24.6 Å². The third-order valence-electron chi connectivity index (χ3n) is 2.53.